The number of carbonyl (C=O) groups is 1. The summed E-state index contributed by atoms with van der Waals surface area (Å²) >= 11 is 0. The van der Waals surface area contributed by atoms with Crippen molar-refractivity contribution in [3.63, 3.8) is 0 Å². The van der Waals surface area contributed by atoms with Gasteiger partial charge in [-0.3, -0.25) is 4.79 Å². The molecule has 0 aliphatic carbocycles. The van der Waals surface area contributed by atoms with E-state index in [0.29, 0.717) is 6.54 Å². The molecule has 1 N–H and O–H groups in total. The van der Waals surface area contributed by atoms with Crippen molar-refractivity contribution < 1.29 is 4.79 Å². The number of hydrogen-bond donors (Lipinski definition) is 1. The van der Waals surface area contributed by atoms with Crippen LogP contribution in [0.2, 0.25) is 0 Å². The number of nitrogens with one attached hydrogen (secondary N) is 1. The van der Waals surface area contributed by atoms with E-state index in [1.807, 2.05) is 56.7 Å². The van der Waals surface area contributed by atoms with E-state index in [1.54, 1.807) is 0 Å². The van der Waals surface area contributed by atoms with Crippen molar-refractivity contribution in [2.45, 2.75) is 13.0 Å². The molecule has 4 heteroatoms. The summed E-state index contributed by atoms with van der Waals surface area (Å²) < 4.78 is 2.15. The van der Waals surface area contributed by atoms with Crippen LogP contribution in [-0.4, -0.2) is 42.6 Å². The van der Waals surface area contributed by atoms with Gasteiger partial charge >= 0.3 is 0 Å². The van der Waals surface area contributed by atoms with Crippen molar-refractivity contribution >= 4 is 16.8 Å². The molecular weight excluding hydrogens is 310 g/mol. The maximum absolute atomic E-state index is 12.6. The SMILES string of the molecule is CN(C)CCCNC(=O)c1cn(Cc2ccccc2)c2ccccc12. The molecule has 0 saturated carbocycles. The second-order valence-electron chi connectivity index (χ2n) is 6.59. The lowest BCUT2D eigenvalue weighted by Gasteiger charge is -2.09. The molecule has 0 bridgehead atoms. The number of carbonyl (C=O) groups excluding carboxylic acids is 1. The Morgan fingerprint density at radius 1 is 1.04 bits per heavy atom. The largest absolute Gasteiger partial charge is 0.352 e. The van der Waals surface area contributed by atoms with Crippen molar-refractivity contribution in [3.8, 4) is 0 Å². The molecule has 0 fully saturated rings. The molecular formula is C21H25N3O. The van der Waals surface area contributed by atoms with E-state index >= 15 is 0 Å². The van der Waals surface area contributed by atoms with Crippen molar-refractivity contribution in [1.82, 2.24) is 14.8 Å². The van der Waals surface area contributed by atoms with Crippen LogP contribution in [0.4, 0.5) is 0 Å². The Hall–Kier alpha value is -2.59. The normalized spacial score (nSPS) is 11.2. The minimum Gasteiger partial charge on any atom is -0.352 e. The zero-order chi connectivity index (χ0) is 17.6. The lowest BCUT2D eigenvalue weighted by Crippen LogP contribution is -2.27. The van der Waals surface area contributed by atoms with Crippen LogP contribution in [-0.2, 0) is 6.54 Å². The van der Waals surface area contributed by atoms with Gasteiger partial charge < -0.3 is 14.8 Å². The molecule has 1 aromatic heterocycles. The summed E-state index contributed by atoms with van der Waals surface area (Å²) in [7, 11) is 4.08. The van der Waals surface area contributed by atoms with Gasteiger partial charge in [0.15, 0.2) is 0 Å². The molecule has 1 amide bonds. The van der Waals surface area contributed by atoms with E-state index in [-0.39, 0.29) is 5.91 Å². The van der Waals surface area contributed by atoms with E-state index in [2.05, 4.69) is 33.0 Å². The Labute approximate surface area is 149 Å². The number of para-hydroxylation sites is 1. The Balaban J connectivity index is 1.80. The number of aromatic nitrogens is 1. The van der Waals surface area contributed by atoms with Gasteiger partial charge in [0.25, 0.3) is 5.91 Å². The van der Waals surface area contributed by atoms with Crippen molar-refractivity contribution in [2.24, 2.45) is 0 Å². The quantitative estimate of drug-likeness (QED) is 0.672. The van der Waals surface area contributed by atoms with Crippen LogP contribution in [0, 0.1) is 0 Å². The summed E-state index contributed by atoms with van der Waals surface area (Å²) in [5, 5.41) is 4.05. The molecule has 25 heavy (non-hydrogen) atoms. The highest BCUT2D eigenvalue weighted by atomic mass is 16.1. The van der Waals surface area contributed by atoms with Gasteiger partial charge in [0, 0.05) is 30.2 Å². The maximum atomic E-state index is 12.6. The number of nitrogens with zero attached hydrogens (tertiary/aromatic N) is 2. The zero-order valence-electron chi connectivity index (χ0n) is 14.9. The summed E-state index contributed by atoms with van der Waals surface area (Å²) in [5.41, 5.74) is 3.06. The number of amides is 1. The fourth-order valence-corrected chi connectivity index (χ4v) is 3.03. The van der Waals surface area contributed by atoms with Gasteiger partial charge in [-0.1, -0.05) is 48.5 Å². The van der Waals surface area contributed by atoms with Gasteiger partial charge in [-0.15, -0.1) is 0 Å². The van der Waals surface area contributed by atoms with Crippen LogP contribution in [0.15, 0.2) is 60.8 Å². The monoisotopic (exact) mass is 335 g/mol. The average molecular weight is 335 g/mol. The number of fused-ring (bicyclic) bond motifs is 1. The first kappa shape index (κ1) is 17.2. The summed E-state index contributed by atoms with van der Waals surface area (Å²) in [5.74, 6) is 0.00164. The molecule has 1 heterocycles. The number of hydrogen-bond acceptors (Lipinski definition) is 2. The first-order valence-corrected chi connectivity index (χ1v) is 8.70. The van der Waals surface area contributed by atoms with E-state index in [1.165, 1.54) is 5.56 Å². The molecule has 130 valence electrons. The van der Waals surface area contributed by atoms with Gasteiger partial charge in [0.2, 0.25) is 0 Å². The minimum absolute atomic E-state index is 0.00164. The van der Waals surface area contributed by atoms with Gasteiger partial charge in [0.1, 0.15) is 0 Å². The summed E-state index contributed by atoms with van der Waals surface area (Å²) in [6, 6.07) is 18.4. The predicted molar refractivity (Wildman–Crippen MR) is 103 cm³/mol. The molecule has 0 unspecified atom stereocenters. The molecule has 0 aliphatic rings. The Kier molecular flexibility index (Phi) is 5.51. The third-order valence-electron chi connectivity index (χ3n) is 4.30. The molecule has 0 atom stereocenters. The van der Waals surface area contributed by atoms with Crippen LogP contribution in [0.1, 0.15) is 22.3 Å². The Bertz CT molecular complexity index is 837. The second kappa shape index (κ2) is 7.99. The predicted octanol–water partition coefficient (Wildman–Crippen LogP) is 3.37. The fourth-order valence-electron chi connectivity index (χ4n) is 3.03. The highest BCUT2D eigenvalue weighted by molar-refractivity contribution is 6.07. The Morgan fingerprint density at radius 3 is 2.52 bits per heavy atom. The van der Waals surface area contributed by atoms with Crippen LogP contribution in [0.25, 0.3) is 10.9 Å². The van der Waals surface area contributed by atoms with E-state index in [0.717, 1.165) is 36.0 Å². The van der Waals surface area contributed by atoms with Gasteiger partial charge in [-0.05, 0) is 38.7 Å². The molecule has 0 aliphatic heterocycles. The highest BCUT2D eigenvalue weighted by Crippen LogP contribution is 2.22. The van der Waals surface area contributed by atoms with Crippen molar-refractivity contribution in [3.05, 3.63) is 71.9 Å². The molecule has 0 saturated heterocycles. The topological polar surface area (TPSA) is 37.3 Å². The molecule has 4 nitrogen and oxygen atoms in total. The molecule has 2 aromatic carbocycles. The first-order chi connectivity index (χ1) is 12.1. The third kappa shape index (κ3) is 4.28. The third-order valence-corrected chi connectivity index (χ3v) is 4.30. The van der Waals surface area contributed by atoms with Crippen LogP contribution < -0.4 is 5.32 Å². The van der Waals surface area contributed by atoms with Gasteiger partial charge in [0.05, 0.1) is 5.56 Å². The van der Waals surface area contributed by atoms with Gasteiger partial charge in [-0.2, -0.15) is 0 Å². The van der Waals surface area contributed by atoms with Crippen molar-refractivity contribution in [1.29, 1.82) is 0 Å². The molecule has 3 rings (SSSR count). The summed E-state index contributed by atoms with van der Waals surface area (Å²) in [4.78, 5) is 14.8. The van der Waals surface area contributed by atoms with Crippen LogP contribution in [0.5, 0.6) is 0 Å². The summed E-state index contributed by atoms with van der Waals surface area (Å²) in [6.45, 7) is 2.42. The van der Waals surface area contributed by atoms with Crippen molar-refractivity contribution in [2.75, 3.05) is 27.2 Å². The minimum atomic E-state index is 0.00164. The number of benzene rings is 2. The van der Waals surface area contributed by atoms with E-state index in [9.17, 15) is 4.79 Å². The summed E-state index contributed by atoms with van der Waals surface area (Å²) in [6.07, 6.45) is 2.92. The lowest BCUT2D eigenvalue weighted by atomic mass is 10.1. The van der Waals surface area contributed by atoms with Gasteiger partial charge in [-0.25, -0.2) is 0 Å². The fraction of sp³-hybridized carbons (Fsp3) is 0.286. The standard InChI is InChI=1S/C21H25N3O/c1-23(2)14-8-13-22-21(25)19-16-24(15-17-9-4-3-5-10-17)20-12-7-6-11-18(19)20/h3-7,9-12,16H,8,13-15H2,1-2H3,(H,22,25). The molecule has 3 aromatic rings. The smallest absolute Gasteiger partial charge is 0.253 e. The average Bonchev–Trinajstić information content (AvgIpc) is 2.98. The molecule has 0 spiro atoms. The lowest BCUT2D eigenvalue weighted by molar-refractivity contribution is 0.0954. The van der Waals surface area contributed by atoms with E-state index < -0.39 is 0 Å². The van der Waals surface area contributed by atoms with E-state index in [4.69, 9.17) is 0 Å². The highest BCUT2D eigenvalue weighted by Gasteiger charge is 2.14. The van der Waals surface area contributed by atoms with Crippen LogP contribution in [0.3, 0.4) is 0 Å². The Morgan fingerprint density at radius 2 is 1.76 bits per heavy atom. The zero-order valence-corrected chi connectivity index (χ0v) is 14.9. The van der Waals surface area contributed by atoms with Crippen LogP contribution >= 0.6 is 0 Å². The first-order valence-electron chi connectivity index (χ1n) is 8.70. The number of rotatable bonds is 7. The second-order valence-corrected chi connectivity index (χ2v) is 6.59. The molecule has 0 radical (unpaired) electrons. The maximum Gasteiger partial charge on any atom is 0.253 e.